The van der Waals surface area contributed by atoms with E-state index in [-0.39, 0.29) is 5.70 Å². The number of carbonyl (C=O) groups excluding carboxylic acids is 1. The summed E-state index contributed by atoms with van der Waals surface area (Å²) in [5.41, 5.74) is 2.71. The Bertz CT molecular complexity index is 811. The number of rotatable bonds is 3. The van der Waals surface area contributed by atoms with Crippen LogP contribution in [-0.2, 0) is 9.53 Å². The van der Waals surface area contributed by atoms with Crippen LogP contribution in [0.2, 0.25) is 5.02 Å². The van der Waals surface area contributed by atoms with Crippen molar-refractivity contribution in [2.45, 2.75) is 0 Å². The predicted octanol–water partition coefficient (Wildman–Crippen LogP) is 3.75. The molecule has 0 fully saturated rings. The Hall–Kier alpha value is -2.59. The van der Waals surface area contributed by atoms with Gasteiger partial charge in [0.15, 0.2) is 5.70 Å². The maximum Gasteiger partial charge on any atom is 0.363 e. The lowest BCUT2D eigenvalue weighted by Gasteiger charge is -2.13. The van der Waals surface area contributed by atoms with Gasteiger partial charge in [0.05, 0.1) is 0 Å². The molecule has 0 N–H and O–H groups in total. The largest absolute Gasteiger partial charge is 0.402 e. The van der Waals surface area contributed by atoms with Gasteiger partial charge in [0.2, 0.25) is 5.90 Å². The van der Waals surface area contributed by atoms with Gasteiger partial charge in [-0.15, -0.1) is 0 Å². The minimum atomic E-state index is -0.475. The van der Waals surface area contributed by atoms with Gasteiger partial charge < -0.3 is 9.64 Å². The molecule has 0 saturated carbocycles. The van der Waals surface area contributed by atoms with Gasteiger partial charge in [-0.2, -0.15) is 0 Å². The third-order valence-corrected chi connectivity index (χ3v) is 3.76. The number of ether oxygens (including phenoxy) is 1. The molecule has 1 aliphatic heterocycles. The first-order chi connectivity index (χ1) is 11.0. The van der Waals surface area contributed by atoms with Crippen molar-refractivity contribution in [2.24, 2.45) is 4.99 Å². The molecule has 4 nitrogen and oxygen atoms in total. The Labute approximate surface area is 139 Å². The summed E-state index contributed by atoms with van der Waals surface area (Å²) in [5, 5.41) is 0.555. The van der Waals surface area contributed by atoms with Crippen molar-refractivity contribution in [3.63, 3.8) is 0 Å². The molecule has 0 saturated heterocycles. The number of nitrogens with zero attached hydrogens (tertiary/aromatic N) is 2. The molecule has 3 rings (SSSR count). The van der Waals surface area contributed by atoms with Crippen LogP contribution in [0.1, 0.15) is 11.1 Å². The average molecular weight is 327 g/mol. The molecule has 0 bridgehead atoms. The van der Waals surface area contributed by atoms with E-state index in [4.69, 9.17) is 16.3 Å². The van der Waals surface area contributed by atoms with Crippen LogP contribution < -0.4 is 4.90 Å². The zero-order valence-electron chi connectivity index (χ0n) is 12.8. The molecule has 0 aliphatic carbocycles. The second-order valence-corrected chi connectivity index (χ2v) is 5.71. The third-order valence-electron chi connectivity index (χ3n) is 3.43. The Morgan fingerprint density at radius 2 is 1.87 bits per heavy atom. The van der Waals surface area contributed by atoms with Crippen LogP contribution in [0.5, 0.6) is 0 Å². The van der Waals surface area contributed by atoms with Gasteiger partial charge in [-0.1, -0.05) is 35.9 Å². The second-order valence-electron chi connectivity index (χ2n) is 5.30. The first-order valence-corrected chi connectivity index (χ1v) is 7.47. The number of cyclic esters (lactones) is 1. The van der Waals surface area contributed by atoms with Crippen molar-refractivity contribution in [1.29, 1.82) is 0 Å². The van der Waals surface area contributed by atoms with Gasteiger partial charge in [-0.05, 0) is 35.9 Å². The number of halogens is 1. The molecule has 23 heavy (non-hydrogen) atoms. The van der Waals surface area contributed by atoms with Gasteiger partial charge in [0.25, 0.3) is 0 Å². The summed E-state index contributed by atoms with van der Waals surface area (Å²) in [6.07, 6.45) is 1.64. The summed E-state index contributed by atoms with van der Waals surface area (Å²) in [7, 11) is 3.88. The number of hydrogen-bond acceptors (Lipinski definition) is 4. The molecule has 0 amide bonds. The predicted molar refractivity (Wildman–Crippen MR) is 92.8 cm³/mol. The first-order valence-electron chi connectivity index (χ1n) is 7.09. The lowest BCUT2D eigenvalue weighted by Crippen LogP contribution is -2.08. The van der Waals surface area contributed by atoms with Crippen LogP contribution in [0.15, 0.2) is 59.2 Å². The molecule has 0 atom stereocenters. The van der Waals surface area contributed by atoms with Crippen LogP contribution in [0.25, 0.3) is 6.08 Å². The van der Waals surface area contributed by atoms with Crippen molar-refractivity contribution >= 4 is 35.2 Å². The smallest absolute Gasteiger partial charge is 0.363 e. The Kier molecular flexibility index (Phi) is 4.17. The molecule has 0 unspecified atom stereocenters. The Morgan fingerprint density at radius 3 is 2.52 bits per heavy atom. The molecule has 0 aromatic heterocycles. The van der Waals surface area contributed by atoms with E-state index in [0.717, 1.165) is 16.8 Å². The summed E-state index contributed by atoms with van der Waals surface area (Å²) in [5.74, 6) is -0.167. The maximum atomic E-state index is 12.0. The zero-order valence-corrected chi connectivity index (χ0v) is 13.5. The quantitative estimate of drug-likeness (QED) is 0.637. The minimum Gasteiger partial charge on any atom is -0.402 e. The summed E-state index contributed by atoms with van der Waals surface area (Å²) in [4.78, 5) is 18.2. The molecule has 5 heteroatoms. The number of carbonyl (C=O) groups is 1. The summed E-state index contributed by atoms with van der Waals surface area (Å²) in [6.45, 7) is 0. The fraction of sp³-hybridized carbons (Fsp3) is 0.111. The van der Waals surface area contributed by atoms with Gasteiger partial charge in [-0.3, -0.25) is 0 Å². The van der Waals surface area contributed by atoms with Crippen LogP contribution in [0.3, 0.4) is 0 Å². The van der Waals surface area contributed by atoms with Crippen LogP contribution in [-0.4, -0.2) is 26.0 Å². The van der Waals surface area contributed by atoms with E-state index in [1.807, 2.05) is 67.5 Å². The van der Waals surface area contributed by atoms with Gasteiger partial charge >= 0.3 is 5.97 Å². The molecular weight excluding hydrogens is 312 g/mol. The highest BCUT2D eigenvalue weighted by Gasteiger charge is 2.24. The highest BCUT2D eigenvalue weighted by molar-refractivity contribution is 6.32. The number of benzene rings is 2. The van der Waals surface area contributed by atoms with E-state index in [2.05, 4.69) is 4.99 Å². The molecule has 2 aromatic rings. The van der Waals surface area contributed by atoms with Crippen molar-refractivity contribution in [2.75, 3.05) is 19.0 Å². The Balaban J connectivity index is 1.93. The fourth-order valence-electron chi connectivity index (χ4n) is 2.17. The van der Waals surface area contributed by atoms with E-state index in [9.17, 15) is 4.79 Å². The molecule has 116 valence electrons. The van der Waals surface area contributed by atoms with E-state index < -0.39 is 5.97 Å². The first kappa shape index (κ1) is 15.3. The topological polar surface area (TPSA) is 41.9 Å². The monoisotopic (exact) mass is 326 g/mol. The number of hydrogen-bond donors (Lipinski definition) is 0. The van der Waals surface area contributed by atoms with Gasteiger partial charge in [-0.25, -0.2) is 9.79 Å². The normalized spacial score (nSPS) is 15.5. The Morgan fingerprint density at radius 1 is 1.13 bits per heavy atom. The standard InChI is InChI=1S/C18H15ClN2O2/c1-21(2)14-9-8-13(15(19)11-14)10-16-18(22)23-17(20-16)12-6-4-3-5-7-12/h3-11H,1-2H3/b16-10-. The molecular formula is C18H15ClN2O2. The van der Waals surface area contributed by atoms with E-state index in [1.165, 1.54) is 0 Å². The van der Waals surface area contributed by atoms with E-state index in [1.54, 1.807) is 6.08 Å². The van der Waals surface area contributed by atoms with E-state index >= 15 is 0 Å². The molecule has 2 aromatic carbocycles. The molecule has 1 heterocycles. The molecule has 0 spiro atoms. The van der Waals surface area contributed by atoms with Crippen LogP contribution in [0.4, 0.5) is 5.69 Å². The summed E-state index contributed by atoms with van der Waals surface area (Å²) >= 11 is 6.28. The van der Waals surface area contributed by atoms with Gasteiger partial charge in [0.1, 0.15) is 0 Å². The lowest BCUT2D eigenvalue weighted by molar-refractivity contribution is -0.129. The van der Waals surface area contributed by atoms with Crippen molar-refractivity contribution < 1.29 is 9.53 Å². The van der Waals surface area contributed by atoms with Gasteiger partial charge in [0, 0.05) is 30.4 Å². The lowest BCUT2D eigenvalue weighted by atomic mass is 10.1. The highest BCUT2D eigenvalue weighted by Crippen LogP contribution is 2.26. The zero-order chi connectivity index (χ0) is 16.4. The third kappa shape index (κ3) is 3.27. The SMILES string of the molecule is CN(C)c1ccc(/C=C2\N=C(c3ccccc3)OC2=O)c(Cl)c1. The van der Waals surface area contributed by atoms with Crippen LogP contribution in [0, 0.1) is 0 Å². The van der Waals surface area contributed by atoms with E-state index in [0.29, 0.717) is 10.9 Å². The van der Waals surface area contributed by atoms with Crippen LogP contribution >= 0.6 is 11.6 Å². The summed E-state index contributed by atoms with van der Waals surface area (Å²) in [6, 6.07) is 14.9. The second kappa shape index (κ2) is 6.26. The molecule has 0 radical (unpaired) electrons. The summed E-state index contributed by atoms with van der Waals surface area (Å²) < 4.78 is 5.23. The number of anilines is 1. The number of esters is 1. The van der Waals surface area contributed by atoms with Crippen molar-refractivity contribution in [3.8, 4) is 0 Å². The average Bonchev–Trinajstić information content (AvgIpc) is 2.91. The molecule has 1 aliphatic rings. The number of aliphatic imine (C=N–C) groups is 1. The fourth-order valence-corrected chi connectivity index (χ4v) is 2.40. The van der Waals surface area contributed by atoms with Crippen molar-refractivity contribution in [3.05, 3.63) is 70.4 Å². The maximum absolute atomic E-state index is 12.0. The highest BCUT2D eigenvalue weighted by atomic mass is 35.5. The minimum absolute atomic E-state index is 0.239. The van der Waals surface area contributed by atoms with Crippen molar-refractivity contribution in [1.82, 2.24) is 0 Å².